The zero-order valence-corrected chi connectivity index (χ0v) is 13.9. The van der Waals surface area contributed by atoms with Crippen LogP contribution < -0.4 is 5.32 Å². The summed E-state index contributed by atoms with van der Waals surface area (Å²) in [6.45, 7) is 1.65. The molecule has 0 saturated carbocycles. The topological polar surface area (TPSA) is 75.7 Å². The minimum atomic E-state index is -0.595. The van der Waals surface area contributed by atoms with Gasteiger partial charge in [0.05, 0.1) is 17.6 Å². The smallest absolute Gasteiger partial charge is 0.341 e. The van der Waals surface area contributed by atoms with Crippen LogP contribution in [0, 0.1) is 6.92 Å². The monoisotopic (exact) mass is 332 g/mol. The van der Waals surface area contributed by atoms with Crippen LogP contribution in [0.15, 0.2) is 0 Å². The molecule has 1 N–H and O–H groups in total. The molecule has 1 aromatic rings. The van der Waals surface area contributed by atoms with Crippen molar-refractivity contribution in [3.8, 4) is 0 Å². The molecule has 0 atom stereocenters. The number of alkyl halides is 1. The minimum absolute atomic E-state index is 0.121. The van der Waals surface area contributed by atoms with Crippen molar-refractivity contribution >= 4 is 45.7 Å². The van der Waals surface area contributed by atoms with E-state index >= 15 is 0 Å². The molecule has 0 fully saturated rings. The highest BCUT2D eigenvalue weighted by molar-refractivity contribution is 7.18. The predicted molar refractivity (Wildman–Crippen MR) is 82.4 cm³/mol. The molecule has 1 rings (SSSR count). The van der Waals surface area contributed by atoms with Crippen molar-refractivity contribution in [2.75, 3.05) is 32.4 Å². The molecular weight excluding hydrogens is 316 g/mol. The molecular formula is C13H17ClN2O4S. The van der Waals surface area contributed by atoms with Crippen molar-refractivity contribution in [2.45, 2.75) is 13.3 Å². The second kappa shape index (κ2) is 7.42. The number of nitrogens with zero attached hydrogens (tertiary/aromatic N) is 1. The molecule has 0 aromatic carbocycles. The number of methoxy groups -OCH3 is 1. The zero-order valence-electron chi connectivity index (χ0n) is 12.3. The second-order valence-corrected chi connectivity index (χ2v) is 5.84. The summed E-state index contributed by atoms with van der Waals surface area (Å²) in [5.41, 5.74) is 0.697. The quantitative estimate of drug-likeness (QED) is 0.662. The molecule has 0 bridgehead atoms. The average Bonchev–Trinajstić information content (AvgIpc) is 2.73. The van der Waals surface area contributed by atoms with Gasteiger partial charge in [-0.15, -0.1) is 22.9 Å². The minimum Gasteiger partial charge on any atom is -0.465 e. The Labute approximate surface area is 132 Å². The molecule has 0 unspecified atom stereocenters. The molecule has 0 aliphatic rings. The summed E-state index contributed by atoms with van der Waals surface area (Å²) in [5.74, 6) is -0.976. The molecule has 0 radical (unpaired) electrons. The Morgan fingerprint density at radius 2 is 1.95 bits per heavy atom. The maximum Gasteiger partial charge on any atom is 0.341 e. The van der Waals surface area contributed by atoms with Crippen molar-refractivity contribution in [3.05, 3.63) is 16.0 Å². The van der Waals surface area contributed by atoms with Crippen LogP contribution in [0.25, 0.3) is 0 Å². The summed E-state index contributed by atoms with van der Waals surface area (Å²) in [7, 11) is 4.48. The van der Waals surface area contributed by atoms with E-state index in [1.54, 1.807) is 21.0 Å². The lowest BCUT2D eigenvalue weighted by molar-refractivity contribution is -0.115. The number of hydrogen-bond acceptors (Lipinski definition) is 5. The number of anilines is 1. The van der Waals surface area contributed by atoms with E-state index in [9.17, 15) is 14.4 Å². The average molecular weight is 333 g/mol. The van der Waals surface area contributed by atoms with Gasteiger partial charge in [0.1, 0.15) is 5.00 Å². The normalized spacial score (nSPS) is 10.1. The van der Waals surface area contributed by atoms with Crippen LogP contribution in [0.2, 0.25) is 0 Å². The molecule has 8 heteroatoms. The number of rotatable bonds is 5. The first-order valence-electron chi connectivity index (χ1n) is 6.12. The number of carbonyl (C=O) groups is 3. The Bertz CT molecular complexity index is 569. The van der Waals surface area contributed by atoms with Crippen LogP contribution in [0.5, 0.6) is 0 Å². The van der Waals surface area contributed by atoms with E-state index < -0.39 is 5.97 Å². The molecule has 0 saturated heterocycles. The van der Waals surface area contributed by atoms with Gasteiger partial charge >= 0.3 is 5.97 Å². The predicted octanol–water partition coefficient (Wildman–Crippen LogP) is 2.11. The van der Waals surface area contributed by atoms with Gasteiger partial charge in [0.15, 0.2) is 0 Å². The number of thiophene rings is 1. The van der Waals surface area contributed by atoms with Gasteiger partial charge in [-0.05, 0) is 12.5 Å². The summed E-state index contributed by atoms with van der Waals surface area (Å²) < 4.78 is 4.72. The first-order valence-corrected chi connectivity index (χ1v) is 7.47. The molecule has 0 aliphatic heterocycles. The molecule has 116 valence electrons. The van der Waals surface area contributed by atoms with Gasteiger partial charge in [-0.1, -0.05) is 0 Å². The second-order valence-electron chi connectivity index (χ2n) is 4.44. The Morgan fingerprint density at radius 3 is 2.43 bits per heavy atom. The van der Waals surface area contributed by atoms with Gasteiger partial charge in [-0.2, -0.15) is 0 Å². The standard InChI is InChI=1S/C13H17ClN2O4S/c1-7-9(13(19)20-4)11(15-8(17)5-6-14)21-10(7)12(18)16(2)3/h5-6H2,1-4H3,(H,15,17). The highest BCUT2D eigenvalue weighted by Gasteiger charge is 2.26. The molecule has 1 heterocycles. The lowest BCUT2D eigenvalue weighted by atomic mass is 10.1. The van der Waals surface area contributed by atoms with Crippen molar-refractivity contribution in [3.63, 3.8) is 0 Å². The van der Waals surface area contributed by atoms with Crippen LogP contribution in [-0.2, 0) is 9.53 Å². The third-order valence-corrected chi connectivity index (χ3v) is 4.10. The van der Waals surface area contributed by atoms with Crippen molar-refractivity contribution in [1.82, 2.24) is 4.90 Å². The van der Waals surface area contributed by atoms with E-state index in [0.717, 1.165) is 11.3 Å². The number of ether oxygens (including phenoxy) is 1. The Kier molecular flexibility index (Phi) is 6.17. The lowest BCUT2D eigenvalue weighted by Gasteiger charge is -2.08. The fourth-order valence-electron chi connectivity index (χ4n) is 1.63. The van der Waals surface area contributed by atoms with Crippen LogP contribution in [0.4, 0.5) is 5.00 Å². The zero-order chi connectivity index (χ0) is 16.2. The van der Waals surface area contributed by atoms with E-state index in [2.05, 4.69) is 5.32 Å². The van der Waals surface area contributed by atoms with Gasteiger partial charge in [-0.25, -0.2) is 4.79 Å². The first-order chi connectivity index (χ1) is 9.83. The summed E-state index contributed by atoms with van der Waals surface area (Å²) in [6.07, 6.45) is 0.121. The van der Waals surface area contributed by atoms with Crippen LogP contribution in [-0.4, -0.2) is 49.8 Å². The van der Waals surface area contributed by atoms with Gasteiger partial charge in [0.25, 0.3) is 5.91 Å². The van der Waals surface area contributed by atoms with Crippen molar-refractivity contribution < 1.29 is 19.1 Å². The van der Waals surface area contributed by atoms with Crippen molar-refractivity contribution in [2.24, 2.45) is 0 Å². The third kappa shape index (κ3) is 3.95. The maximum absolute atomic E-state index is 12.1. The number of halogens is 1. The Balaban J connectivity index is 3.28. The van der Waals surface area contributed by atoms with E-state index in [1.807, 2.05) is 0 Å². The number of esters is 1. The van der Waals surface area contributed by atoms with Gasteiger partial charge in [-0.3, -0.25) is 9.59 Å². The molecule has 0 spiro atoms. The first kappa shape index (κ1) is 17.5. The van der Waals surface area contributed by atoms with Gasteiger partial charge in [0, 0.05) is 26.4 Å². The molecule has 1 aromatic heterocycles. The molecule has 0 aliphatic carbocycles. The maximum atomic E-state index is 12.1. The number of amides is 2. The molecule has 2 amide bonds. The van der Waals surface area contributed by atoms with E-state index in [1.165, 1.54) is 12.0 Å². The van der Waals surface area contributed by atoms with E-state index in [-0.39, 0.29) is 29.7 Å². The number of hydrogen-bond donors (Lipinski definition) is 1. The van der Waals surface area contributed by atoms with Gasteiger partial charge < -0.3 is 15.0 Å². The van der Waals surface area contributed by atoms with Gasteiger partial charge in [0.2, 0.25) is 5.91 Å². The van der Waals surface area contributed by atoms with Crippen molar-refractivity contribution in [1.29, 1.82) is 0 Å². The summed E-state index contributed by atoms with van der Waals surface area (Å²) in [4.78, 5) is 37.4. The summed E-state index contributed by atoms with van der Waals surface area (Å²) in [6, 6.07) is 0. The van der Waals surface area contributed by atoms with E-state index in [4.69, 9.17) is 16.3 Å². The SMILES string of the molecule is COC(=O)c1c(NC(=O)CCCl)sc(C(=O)N(C)C)c1C. The van der Waals surface area contributed by atoms with E-state index in [0.29, 0.717) is 15.4 Å². The molecule has 21 heavy (non-hydrogen) atoms. The number of nitrogens with one attached hydrogen (secondary N) is 1. The van der Waals surface area contributed by atoms with Crippen LogP contribution in [0.3, 0.4) is 0 Å². The Hall–Kier alpha value is -1.60. The fourth-order valence-corrected chi connectivity index (χ4v) is 3.04. The van der Waals surface area contributed by atoms with Crippen LogP contribution in [0.1, 0.15) is 32.0 Å². The van der Waals surface area contributed by atoms with Crippen LogP contribution >= 0.6 is 22.9 Å². The Morgan fingerprint density at radius 1 is 1.33 bits per heavy atom. The summed E-state index contributed by atoms with van der Waals surface area (Å²) in [5, 5.41) is 2.91. The number of carbonyl (C=O) groups excluding carboxylic acids is 3. The summed E-state index contributed by atoms with van der Waals surface area (Å²) >= 11 is 6.56. The fraction of sp³-hybridized carbons (Fsp3) is 0.462. The highest BCUT2D eigenvalue weighted by atomic mass is 35.5. The lowest BCUT2D eigenvalue weighted by Crippen LogP contribution is -2.21. The highest BCUT2D eigenvalue weighted by Crippen LogP contribution is 2.34. The largest absolute Gasteiger partial charge is 0.465 e. The third-order valence-electron chi connectivity index (χ3n) is 2.71. The molecule has 6 nitrogen and oxygen atoms in total.